The van der Waals surface area contributed by atoms with Crippen molar-refractivity contribution >= 4 is 23.6 Å². The topological polar surface area (TPSA) is 70.2 Å². The van der Waals surface area contributed by atoms with E-state index in [9.17, 15) is 9.59 Å². The molecule has 0 heterocycles. The Labute approximate surface area is 154 Å². The summed E-state index contributed by atoms with van der Waals surface area (Å²) in [6, 6.07) is 15.8. The summed E-state index contributed by atoms with van der Waals surface area (Å²) in [5.74, 6) is 0.754. The van der Waals surface area contributed by atoms with Gasteiger partial charge in [0.05, 0.1) is 13.0 Å². The Hall–Kier alpha value is -3.08. The van der Waals surface area contributed by atoms with Crippen molar-refractivity contribution in [2.24, 2.45) is 0 Å². The molecule has 5 nitrogen and oxygen atoms in total. The van der Waals surface area contributed by atoms with Crippen LogP contribution in [0.5, 0.6) is 0 Å². The molecule has 26 heavy (non-hydrogen) atoms. The second kappa shape index (κ2) is 10.0. The van der Waals surface area contributed by atoms with Crippen molar-refractivity contribution in [3.63, 3.8) is 0 Å². The Morgan fingerprint density at radius 3 is 2.42 bits per heavy atom. The van der Waals surface area contributed by atoms with Crippen LogP contribution in [-0.2, 0) is 16.0 Å². The highest BCUT2D eigenvalue weighted by Gasteiger charge is 2.04. The number of para-hydroxylation sites is 1. The smallest absolute Gasteiger partial charge is 0.224 e. The van der Waals surface area contributed by atoms with Crippen LogP contribution in [0.25, 0.3) is 0 Å². The average molecular weight is 351 g/mol. The van der Waals surface area contributed by atoms with Crippen molar-refractivity contribution in [1.29, 1.82) is 0 Å². The number of anilines is 2. The number of carbonyl (C=O) groups excluding carboxylic acids is 2. The molecule has 0 aromatic heterocycles. The van der Waals surface area contributed by atoms with Gasteiger partial charge in [-0.1, -0.05) is 37.3 Å². The van der Waals surface area contributed by atoms with Crippen molar-refractivity contribution in [1.82, 2.24) is 5.32 Å². The van der Waals surface area contributed by atoms with E-state index in [4.69, 9.17) is 0 Å². The normalized spacial score (nSPS) is 10.9. The highest BCUT2D eigenvalue weighted by atomic mass is 16.2. The maximum atomic E-state index is 11.6. The molecule has 0 unspecified atom stereocenters. The second-order valence-electron chi connectivity index (χ2n) is 5.94. The molecule has 0 radical (unpaired) electrons. The van der Waals surface area contributed by atoms with E-state index in [0.29, 0.717) is 6.29 Å². The van der Waals surface area contributed by atoms with Gasteiger partial charge in [0, 0.05) is 11.4 Å². The van der Waals surface area contributed by atoms with Crippen LogP contribution in [0.2, 0.25) is 0 Å². The number of benzene rings is 2. The van der Waals surface area contributed by atoms with Gasteiger partial charge in [0.15, 0.2) is 0 Å². The van der Waals surface area contributed by atoms with E-state index in [1.165, 1.54) is 5.56 Å². The van der Waals surface area contributed by atoms with Crippen LogP contribution in [0, 0.1) is 6.92 Å². The van der Waals surface area contributed by atoms with Gasteiger partial charge in [0.1, 0.15) is 12.1 Å². The predicted molar refractivity (Wildman–Crippen MR) is 106 cm³/mol. The fraction of sp³-hybridized carbons (Fsp3) is 0.238. The Kier molecular flexibility index (Phi) is 7.43. The van der Waals surface area contributed by atoms with Crippen molar-refractivity contribution in [2.75, 3.05) is 17.2 Å². The molecule has 2 rings (SSSR count). The summed E-state index contributed by atoms with van der Waals surface area (Å²) in [7, 11) is 0. The standard InChI is InChI=1S/C21H25N3O2/c1-3-6-20(24-19-8-5-4-7-16(19)2)23-18-11-9-17(10-12-18)15-21(26)22-13-14-25/h4-12,14,23-24H,3,13,15H2,1-2H3,(H,22,26)/b20-6-. The van der Waals surface area contributed by atoms with Gasteiger partial charge in [0.25, 0.3) is 0 Å². The molecule has 0 aliphatic heterocycles. The number of hydrogen-bond acceptors (Lipinski definition) is 4. The van der Waals surface area contributed by atoms with E-state index >= 15 is 0 Å². The Morgan fingerprint density at radius 1 is 1.04 bits per heavy atom. The minimum absolute atomic E-state index is 0.0498. The van der Waals surface area contributed by atoms with Crippen LogP contribution in [0.15, 0.2) is 60.4 Å². The first-order valence-corrected chi connectivity index (χ1v) is 8.71. The number of nitrogens with one attached hydrogen (secondary N) is 3. The lowest BCUT2D eigenvalue weighted by atomic mass is 10.1. The van der Waals surface area contributed by atoms with Crippen molar-refractivity contribution < 1.29 is 9.59 Å². The summed E-state index contributed by atoms with van der Waals surface area (Å²) >= 11 is 0. The number of hydrogen-bond donors (Lipinski definition) is 3. The minimum Gasteiger partial charge on any atom is -0.349 e. The summed E-state index contributed by atoms with van der Waals surface area (Å²) in [6.07, 6.45) is 3.92. The van der Waals surface area contributed by atoms with Gasteiger partial charge in [-0.15, -0.1) is 0 Å². The number of carbonyl (C=O) groups is 2. The van der Waals surface area contributed by atoms with Crippen LogP contribution in [0.3, 0.4) is 0 Å². The van der Waals surface area contributed by atoms with Crippen molar-refractivity contribution in [2.45, 2.75) is 26.7 Å². The summed E-state index contributed by atoms with van der Waals surface area (Å²) in [5.41, 5.74) is 4.06. The highest BCUT2D eigenvalue weighted by molar-refractivity contribution is 5.80. The molecule has 0 fully saturated rings. The van der Waals surface area contributed by atoms with E-state index in [1.807, 2.05) is 42.5 Å². The first kappa shape index (κ1) is 19.2. The zero-order valence-corrected chi connectivity index (χ0v) is 15.2. The molecule has 3 N–H and O–H groups in total. The van der Waals surface area contributed by atoms with Gasteiger partial charge in [-0.2, -0.15) is 0 Å². The van der Waals surface area contributed by atoms with Gasteiger partial charge in [-0.05, 0) is 48.7 Å². The van der Waals surface area contributed by atoms with Crippen LogP contribution >= 0.6 is 0 Å². The van der Waals surface area contributed by atoms with Gasteiger partial charge in [0.2, 0.25) is 5.91 Å². The average Bonchev–Trinajstić information content (AvgIpc) is 2.64. The number of rotatable bonds is 9. The fourth-order valence-corrected chi connectivity index (χ4v) is 2.46. The summed E-state index contributed by atoms with van der Waals surface area (Å²) in [4.78, 5) is 21.9. The van der Waals surface area contributed by atoms with E-state index < -0.39 is 0 Å². The second-order valence-corrected chi connectivity index (χ2v) is 5.94. The maximum absolute atomic E-state index is 11.6. The van der Waals surface area contributed by atoms with E-state index in [2.05, 4.69) is 41.9 Å². The monoisotopic (exact) mass is 351 g/mol. The van der Waals surface area contributed by atoms with Crippen LogP contribution in [-0.4, -0.2) is 18.7 Å². The van der Waals surface area contributed by atoms with Crippen LogP contribution in [0.4, 0.5) is 11.4 Å². The molecule has 0 atom stereocenters. The summed E-state index contributed by atoms with van der Waals surface area (Å²) < 4.78 is 0. The first-order chi connectivity index (χ1) is 12.6. The van der Waals surface area contributed by atoms with Crippen LogP contribution in [0.1, 0.15) is 24.5 Å². The number of aldehydes is 1. The van der Waals surface area contributed by atoms with Crippen molar-refractivity contribution in [3.8, 4) is 0 Å². The molecular formula is C21H25N3O2. The third-order valence-electron chi connectivity index (χ3n) is 3.80. The van der Waals surface area contributed by atoms with E-state index in [0.717, 1.165) is 29.2 Å². The molecule has 5 heteroatoms. The molecule has 2 aromatic carbocycles. The molecule has 2 aromatic rings. The molecule has 0 aliphatic carbocycles. The molecule has 0 saturated heterocycles. The van der Waals surface area contributed by atoms with E-state index in [-0.39, 0.29) is 18.9 Å². The zero-order valence-electron chi connectivity index (χ0n) is 15.2. The minimum atomic E-state index is -0.161. The quantitative estimate of drug-likeness (QED) is 0.604. The Morgan fingerprint density at radius 2 is 1.77 bits per heavy atom. The van der Waals surface area contributed by atoms with E-state index in [1.54, 1.807) is 0 Å². The molecule has 1 amide bonds. The Balaban J connectivity index is 2.00. The summed E-state index contributed by atoms with van der Waals surface area (Å²) in [6.45, 7) is 4.20. The highest BCUT2D eigenvalue weighted by Crippen LogP contribution is 2.18. The van der Waals surface area contributed by atoms with Crippen molar-refractivity contribution in [3.05, 3.63) is 71.6 Å². The number of allylic oxidation sites excluding steroid dienone is 1. The zero-order chi connectivity index (χ0) is 18.8. The molecule has 0 aliphatic rings. The Bertz CT molecular complexity index is 767. The first-order valence-electron chi connectivity index (χ1n) is 8.71. The summed E-state index contributed by atoms with van der Waals surface area (Å²) in [5, 5.41) is 9.33. The third kappa shape index (κ3) is 6.09. The lowest BCUT2D eigenvalue weighted by molar-refractivity contribution is -0.121. The third-order valence-corrected chi connectivity index (χ3v) is 3.80. The molecule has 0 saturated carbocycles. The van der Waals surface area contributed by atoms with Gasteiger partial charge in [-0.3, -0.25) is 4.79 Å². The lowest BCUT2D eigenvalue weighted by Crippen LogP contribution is -2.26. The predicted octanol–water partition coefficient (Wildman–Crippen LogP) is 3.63. The molecular weight excluding hydrogens is 326 g/mol. The van der Waals surface area contributed by atoms with Gasteiger partial charge >= 0.3 is 0 Å². The maximum Gasteiger partial charge on any atom is 0.224 e. The lowest BCUT2D eigenvalue weighted by Gasteiger charge is -2.16. The van der Waals surface area contributed by atoms with Gasteiger partial charge in [-0.25, -0.2) is 0 Å². The molecule has 0 spiro atoms. The fourth-order valence-electron chi connectivity index (χ4n) is 2.46. The number of aryl methyl sites for hydroxylation is 1. The SMILES string of the molecule is CC/C=C(/Nc1ccc(CC(=O)NCC=O)cc1)Nc1ccccc1C. The largest absolute Gasteiger partial charge is 0.349 e. The molecule has 0 bridgehead atoms. The van der Waals surface area contributed by atoms with Crippen LogP contribution < -0.4 is 16.0 Å². The number of amides is 1. The van der Waals surface area contributed by atoms with Gasteiger partial charge < -0.3 is 20.7 Å². The molecule has 136 valence electrons.